The van der Waals surface area contributed by atoms with Gasteiger partial charge in [0.2, 0.25) is 15.9 Å². The van der Waals surface area contributed by atoms with Gasteiger partial charge in [0, 0.05) is 20.6 Å². The SMILES string of the molecule is Cc1c(N(C)C(=O)[C@@H]2CCCN2S(=O)(=O)c2ccccc2)c(=O)n(-c2ccccc2)n1C. The molecule has 9 heteroatoms. The Labute approximate surface area is 187 Å². The molecule has 8 nitrogen and oxygen atoms in total. The lowest BCUT2D eigenvalue weighted by atomic mass is 10.2. The summed E-state index contributed by atoms with van der Waals surface area (Å²) in [6.45, 7) is 2.04. The van der Waals surface area contributed by atoms with Crippen molar-refractivity contribution in [3.8, 4) is 5.69 Å². The van der Waals surface area contributed by atoms with Crippen molar-refractivity contribution in [3.05, 3.63) is 76.7 Å². The zero-order chi connectivity index (χ0) is 23.0. The van der Waals surface area contributed by atoms with Gasteiger partial charge in [-0.05, 0) is 44.0 Å². The van der Waals surface area contributed by atoms with E-state index in [1.165, 1.54) is 33.1 Å². The van der Waals surface area contributed by atoms with Crippen LogP contribution in [-0.2, 0) is 21.9 Å². The number of rotatable bonds is 5. The minimum absolute atomic E-state index is 0.157. The lowest BCUT2D eigenvalue weighted by Gasteiger charge is -2.27. The van der Waals surface area contributed by atoms with Crippen LogP contribution in [0.15, 0.2) is 70.4 Å². The van der Waals surface area contributed by atoms with E-state index in [2.05, 4.69) is 0 Å². The molecule has 2 aromatic carbocycles. The standard InChI is InChI=1S/C23H26N4O4S/c1-17-21(23(29)27(25(17)3)18-11-6-4-7-12-18)24(2)22(28)20-15-10-16-26(20)32(30,31)19-13-8-5-9-14-19/h4-9,11-14,20H,10,15-16H2,1-3H3/t20-/m0/s1. The Morgan fingerprint density at radius 2 is 1.62 bits per heavy atom. The van der Waals surface area contributed by atoms with E-state index in [1.807, 2.05) is 30.3 Å². The predicted molar refractivity (Wildman–Crippen MR) is 123 cm³/mol. The largest absolute Gasteiger partial charge is 0.308 e. The van der Waals surface area contributed by atoms with Crippen LogP contribution >= 0.6 is 0 Å². The molecule has 1 aliphatic heterocycles. The third-order valence-electron chi connectivity index (χ3n) is 6.03. The number of hydrogen-bond acceptors (Lipinski definition) is 4. The van der Waals surface area contributed by atoms with E-state index in [4.69, 9.17) is 0 Å². The maximum Gasteiger partial charge on any atom is 0.295 e. The summed E-state index contributed by atoms with van der Waals surface area (Å²) in [7, 11) is -0.526. The van der Waals surface area contributed by atoms with E-state index < -0.39 is 22.0 Å². The predicted octanol–water partition coefficient (Wildman–Crippen LogP) is 2.30. The molecule has 168 valence electrons. The number of hydrogen-bond donors (Lipinski definition) is 0. The minimum Gasteiger partial charge on any atom is -0.308 e. The van der Waals surface area contributed by atoms with Crippen molar-refractivity contribution in [2.75, 3.05) is 18.5 Å². The summed E-state index contributed by atoms with van der Waals surface area (Å²) < 4.78 is 30.8. The second kappa shape index (κ2) is 8.40. The number of aromatic nitrogens is 2. The van der Waals surface area contributed by atoms with Gasteiger partial charge in [-0.25, -0.2) is 13.1 Å². The maximum atomic E-state index is 13.5. The fraction of sp³-hybridized carbons (Fsp3) is 0.304. The first kappa shape index (κ1) is 22.0. The van der Waals surface area contributed by atoms with E-state index >= 15 is 0 Å². The average molecular weight is 455 g/mol. The van der Waals surface area contributed by atoms with Crippen molar-refractivity contribution in [1.29, 1.82) is 0 Å². The Morgan fingerprint density at radius 3 is 2.25 bits per heavy atom. The molecule has 32 heavy (non-hydrogen) atoms. The molecule has 0 saturated carbocycles. The van der Waals surface area contributed by atoms with Crippen LogP contribution < -0.4 is 10.5 Å². The van der Waals surface area contributed by atoms with Crippen LogP contribution in [0.2, 0.25) is 0 Å². The summed E-state index contributed by atoms with van der Waals surface area (Å²) in [5.41, 5.74) is 1.21. The van der Waals surface area contributed by atoms with Gasteiger partial charge in [-0.1, -0.05) is 36.4 Å². The molecule has 0 radical (unpaired) electrons. The van der Waals surface area contributed by atoms with Crippen LogP contribution in [0.25, 0.3) is 5.69 Å². The molecule has 1 amide bonds. The third-order valence-corrected chi connectivity index (χ3v) is 7.95. The highest BCUT2D eigenvalue weighted by molar-refractivity contribution is 7.89. The molecular formula is C23H26N4O4S. The molecule has 1 fully saturated rings. The molecule has 4 rings (SSSR count). The van der Waals surface area contributed by atoms with Gasteiger partial charge in [0.05, 0.1) is 16.3 Å². The number of sulfonamides is 1. The molecule has 1 aromatic heterocycles. The summed E-state index contributed by atoms with van der Waals surface area (Å²) in [6, 6.07) is 16.4. The summed E-state index contributed by atoms with van der Waals surface area (Å²) in [4.78, 5) is 28.2. The Balaban J connectivity index is 1.70. The molecule has 3 aromatic rings. The van der Waals surface area contributed by atoms with Crippen LogP contribution in [0.5, 0.6) is 0 Å². The lowest BCUT2D eigenvalue weighted by Crippen LogP contribution is -2.47. The topological polar surface area (TPSA) is 84.6 Å². The van der Waals surface area contributed by atoms with Crippen LogP contribution in [-0.4, -0.2) is 47.6 Å². The second-order valence-electron chi connectivity index (χ2n) is 7.89. The number of carbonyl (C=O) groups excluding carboxylic acids is 1. The van der Waals surface area contributed by atoms with Crippen molar-refractivity contribution < 1.29 is 13.2 Å². The normalized spacial score (nSPS) is 16.9. The van der Waals surface area contributed by atoms with Crippen LogP contribution in [0.1, 0.15) is 18.5 Å². The monoisotopic (exact) mass is 454 g/mol. The fourth-order valence-corrected chi connectivity index (χ4v) is 5.95. The Morgan fingerprint density at radius 1 is 1.03 bits per heavy atom. The first-order valence-electron chi connectivity index (χ1n) is 10.4. The Hall–Kier alpha value is -3.17. The first-order valence-corrected chi connectivity index (χ1v) is 11.9. The van der Waals surface area contributed by atoms with Crippen molar-refractivity contribution in [1.82, 2.24) is 13.7 Å². The maximum absolute atomic E-state index is 13.5. The van der Waals surface area contributed by atoms with Gasteiger partial charge < -0.3 is 4.90 Å². The number of likely N-dealkylation sites (N-methyl/N-ethyl adjacent to an activating group) is 1. The molecule has 0 aliphatic carbocycles. The van der Waals surface area contributed by atoms with Gasteiger partial charge in [0.1, 0.15) is 11.7 Å². The molecule has 1 saturated heterocycles. The molecule has 0 bridgehead atoms. The van der Waals surface area contributed by atoms with Gasteiger partial charge >= 0.3 is 0 Å². The second-order valence-corrected chi connectivity index (χ2v) is 9.78. The smallest absolute Gasteiger partial charge is 0.295 e. The van der Waals surface area contributed by atoms with Gasteiger partial charge in [-0.2, -0.15) is 4.31 Å². The van der Waals surface area contributed by atoms with E-state index in [1.54, 1.807) is 36.9 Å². The summed E-state index contributed by atoms with van der Waals surface area (Å²) in [5.74, 6) is -0.409. The molecule has 0 unspecified atom stereocenters. The van der Waals surface area contributed by atoms with E-state index in [9.17, 15) is 18.0 Å². The number of nitrogens with zero attached hydrogens (tertiary/aromatic N) is 4. The summed E-state index contributed by atoms with van der Waals surface area (Å²) >= 11 is 0. The highest BCUT2D eigenvalue weighted by Gasteiger charge is 2.41. The van der Waals surface area contributed by atoms with Crippen LogP contribution in [0.3, 0.4) is 0 Å². The van der Waals surface area contributed by atoms with Gasteiger partial charge in [-0.15, -0.1) is 0 Å². The number of carbonyl (C=O) groups is 1. The fourth-order valence-electron chi connectivity index (χ4n) is 4.28. The highest BCUT2D eigenvalue weighted by atomic mass is 32.2. The summed E-state index contributed by atoms with van der Waals surface area (Å²) in [6.07, 6.45) is 0.992. The molecule has 1 aliphatic rings. The van der Waals surface area contributed by atoms with E-state index in [0.717, 1.165) is 0 Å². The number of amides is 1. The zero-order valence-corrected chi connectivity index (χ0v) is 19.1. The lowest BCUT2D eigenvalue weighted by molar-refractivity contribution is -0.121. The number of para-hydroxylation sites is 1. The van der Waals surface area contributed by atoms with Gasteiger partial charge in [0.25, 0.3) is 5.56 Å². The third kappa shape index (κ3) is 3.57. The van der Waals surface area contributed by atoms with E-state index in [0.29, 0.717) is 24.2 Å². The molecule has 2 heterocycles. The van der Waals surface area contributed by atoms with Crippen molar-refractivity contribution >= 4 is 21.6 Å². The van der Waals surface area contributed by atoms with Crippen molar-refractivity contribution in [2.24, 2.45) is 7.05 Å². The average Bonchev–Trinajstić information content (AvgIpc) is 3.38. The van der Waals surface area contributed by atoms with Gasteiger partial charge in [-0.3, -0.25) is 14.3 Å². The minimum atomic E-state index is -3.82. The van der Waals surface area contributed by atoms with Gasteiger partial charge in [0.15, 0.2) is 0 Å². The van der Waals surface area contributed by atoms with Crippen LogP contribution in [0, 0.1) is 6.92 Å². The number of benzene rings is 2. The molecular weight excluding hydrogens is 428 g/mol. The quantitative estimate of drug-likeness (QED) is 0.592. The van der Waals surface area contributed by atoms with Crippen molar-refractivity contribution in [3.63, 3.8) is 0 Å². The Bertz CT molecular complexity index is 1300. The Kier molecular flexibility index (Phi) is 5.79. The van der Waals surface area contributed by atoms with E-state index in [-0.39, 0.29) is 22.7 Å². The zero-order valence-electron chi connectivity index (χ0n) is 18.3. The van der Waals surface area contributed by atoms with Crippen LogP contribution in [0.4, 0.5) is 5.69 Å². The molecule has 1 atom stereocenters. The molecule has 0 spiro atoms. The number of anilines is 1. The highest BCUT2D eigenvalue weighted by Crippen LogP contribution is 2.28. The summed E-state index contributed by atoms with van der Waals surface area (Å²) in [5, 5.41) is 0. The van der Waals surface area contributed by atoms with Crippen molar-refractivity contribution in [2.45, 2.75) is 30.7 Å². The molecule has 0 N–H and O–H groups in total. The first-order chi connectivity index (χ1) is 15.2.